The Bertz CT molecular complexity index is 1160. The Kier molecular flexibility index (Phi) is 11.0. The molecule has 2 aromatic rings. The van der Waals surface area contributed by atoms with Crippen molar-refractivity contribution in [3.8, 4) is 11.5 Å². The average molecular weight is 585 g/mol. The van der Waals surface area contributed by atoms with Crippen LogP contribution in [-0.4, -0.2) is 64.7 Å². The maximum Gasteiger partial charge on any atom is 0.244 e. The van der Waals surface area contributed by atoms with Gasteiger partial charge in [0.25, 0.3) is 0 Å². The van der Waals surface area contributed by atoms with Crippen LogP contribution in [0, 0.1) is 0 Å². The van der Waals surface area contributed by atoms with Crippen molar-refractivity contribution in [1.82, 2.24) is 10.2 Å². The lowest BCUT2D eigenvalue weighted by Crippen LogP contribution is -2.51. The fourth-order valence-electron chi connectivity index (χ4n) is 3.54. The highest BCUT2D eigenvalue weighted by molar-refractivity contribution is 9.10. The van der Waals surface area contributed by atoms with E-state index in [2.05, 4.69) is 21.2 Å². The number of rotatable bonds is 13. The zero-order valence-electron chi connectivity index (χ0n) is 21.3. The van der Waals surface area contributed by atoms with E-state index < -0.39 is 28.5 Å². The number of sulfonamides is 1. The average Bonchev–Trinajstić information content (AvgIpc) is 2.84. The first-order valence-corrected chi connectivity index (χ1v) is 14.2. The van der Waals surface area contributed by atoms with Crippen LogP contribution in [0.1, 0.15) is 32.3 Å². The summed E-state index contributed by atoms with van der Waals surface area (Å²) in [6.45, 7) is 3.76. The van der Waals surface area contributed by atoms with Crippen LogP contribution in [0.15, 0.2) is 46.9 Å². The fourth-order valence-corrected chi connectivity index (χ4v) is 4.84. The van der Waals surface area contributed by atoms with Gasteiger partial charge in [0.15, 0.2) is 0 Å². The molecule has 36 heavy (non-hydrogen) atoms. The van der Waals surface area contributed by atoms with Gasteiger partial charge in [0.1, 0.15) is 24.1 Å². The summed E-state index contributed by atoms with van der Waals surface area (Å²) in [6.07, 6.45) is 2.75. The molecule has 2 aromatic carbocycles. The maximum atomic E-state index is 13.6. The van der Waals surface area contributed by atoms with E-state index in [0.29, 0.717) is 12.3 Å². The highest BCUT2D eigenvalue weighted by Gasteiger charge is 2.31. The van der Waals surface area contributed by atoms with Gasteiger partial charge in [-0.2, -0.15) is 0 Å². The van der Waals surface area contributed by atoms with E-state index in [1.807, 2.05) is 31.2 Å². The Morgan fingerprint density at radius 1 is 1.11 bits per heavy atom. The minimum absolute atomic E-state index is 0.123. The first-order chi connectivity index (χ1) is 17.0. The van der Waals surface area contributed by atoms with Crippen LogP contribution in [0.2, 0.25) is 0 Å². The van der Waals surface area contributed by atoms with Gasteiger partial charge in [-0.1, -0.05) is 41.4 Å². The lowest BCUT2D eigenvalue weighted by molar-refractivity contribution is -0.139. The summed E-state index contributed by atoms with van der Waals surface area (Å²) in [5.41, 5.74) is 0.982. The molecule has 0 unspecified atom stereocenters. The molecule has 0 aliphatic carbocycles. The first kappa shape index (κ1) is 29.4. The van der Waals surface area contributed by atoms with E-state index in [4.69, 9.17) is 9.47 Å². The molecule has 1 N–H and O–H groups in total. The molecule has 0 heterocycles. The molecule has 2 rings (SSSR count). The number of anilines is 1. The lowest BCUT2D eigenvalue weighted by atomic mass is 10.1. The SMILES string of the molecule is CCCCNC(=O)[C@@H](C)N(Cc1cccc(Br)c1)C(=O)CN(c1ccc(OC)cc1OC)S(C)(=O)=O. The van der Waals surface area contributed by atoms with Gasteiger partial charge in [0.05, 0.1) is 26.2 Å². The van der Waals surface area contributed by atoms with Crippen LogP contribution in [-0.2, 0) is 26.2 Å². The van der Waals surface area contributed by atoms with Crippen molar-refractivity contribution in [2.75, 3.05) is 37.9 Å². The molecule has 0 bridgehead atoms. The first-order valence-electron chi connectivity index (χ1n) is 11.5. The van der Waals surface area contributed by atoms with Gasteiger partial charge < -0.3 is 19.7 Å². The number of nitrogens with zero attached hydrogens (tertiary/aromatic N) is 2. The summed E-state index contributed by atoms with van der Waals surface area (Å²) in [5.74, 6) is -0.128. The van der Waals surface area contributed by atoms with Crippen LogP contribution in [0.5, 0.6) is 11.5 Å². The van der Waals surface area contributed by atoms with Gasteiger partial charge in [-0.05, 0) is 43.2 Å². The van der Waals surface area contributed by atoms with Gasteiger partial charge in [-0.15, -0.1) is 0 Å². The Morgan fingerprint density at radius 2 is 1.83 bits per heavy atom. The third-order valence-electron chi connectivity index (χ3n) is 5.57. The molecule has 0 aliphatic rings. The number of hydrogen-bond donors (Lipinski definition) is 1. The Labute approximate surface area is 221 Å². The van der Waals surface area contributed by atoms with Gasteiger partial charge in [0, 0.05) is 23.6 Å². The fraction of sp³-hybridized carbons (Fsp3) is 0.440. The Hall–Kier alpha value is -2.79. The van der Waals surface area contributed by atoms with E-state index in [1.54, 1.807) is 19.1 Å². The van der Waals surface area contributed by atoms with Crippen molar-refractivity contribution >= 4 is 43.5 Å². The van der Waals surface area contributed by atoms with Crippen molar-refractivity contribution in [3.63, 3.8) is 0 Å². The van der Waals surface area contributed by atoms with Crippen LogP contribution in [0.3, 0.4) is 0 Å². The molecule has 0 saturated carbocycles. The minimum atomic E-state index is -3.88. The number of hydrogen-bond acceptors (Lipinski definition) is 6. The highest BCUT2D eigenvalue weighted by atomic mass is 79.9. The summed E-state index contributed by atoms with van der Waals surface area (Å²) < 4.78 is 37.9. The topological polar surface area (TPSA) is 105 Å². The summed E-state index contributed by atoms with van der Waals surface area (Å²) in [7, 11) is -0.994. The summed E-state index contributed by atoms with van der Waals surface area (Å²) in [6, 6.07) is 11.2. The molecule has 198 valence electrons. The van der Waals surface area contributed by atoms with Gasteiger partial charge >= 0.3 is 0 Å². The predicted molar refractivity (Wildman–Crippen MR) is 144 cm³/mol. The molecule has 9 nitrogen and oxygen atoms in total. The third-order valence-corrected chi connectivity index (χ3v) is 7.19. The molecule has 11 heteroatoms. The van der Waals surface area contributed by atoms with Crippen molar-refractivity contribution in [2.45, 2.75) is 39.3 Å². The second kappa shape index (κ2) is 13.5. The Balaban J connectivity index is 2.42. The number of carbonyl (C=O) groups excluding carboxylic acids is 2. The van der Waals surface area contributed by atoms with Crippen LogP contribution >= 0.6 is 15.9 Å². The zero-order valence-corrected chi connectivity index (χ0v) is 23.7. The van der Waals surface area contributed by atoms with Gasteiger partial charge in [-0.25, -0.2) is 8.42 Å². The lowest BCUT2D eigenvalue weighted by Gasteiger charge is -2.32. The van der Waals surface area contributed by atoms with Crippen molar-refractivity contribution < 1.29 is 27.5 Å². The molecule has 0 saturated heterocycles. The van der Waals surface area contributed by atoms with Gasteiger partial charge in [-0.3, -0.25) is 13.9 Å². The minimum Gasteiger partial charge on any atom is -0.497 e. The molecular weight excluding hydrogens is 550 g/mol. The molecule has 0 radical (unpaired) electrons. The number of amides is 2. The molecule has 0 aromatic heterocycles. The zero-order chi connectivity index (χ0) is 26.9. The van der Waals surface area contributed by atoms with E-state index in [9.17, 15) is 18.0 Å². The van der Waals surface area contributed by atoms with E-state index in [-0.39, 0.29) is 23.9 Å². The van der Waals surface area contributed by atoms with Gasteiger partial charge in [0.2, 0.25) is 21.8 Å². The standard InChI is InChI=1S/C25H34BrN3O6S/c1-6-7-13-27-25(31)18(2)28(16-19-9-8-10-20(26)14-19)24(30)17-29(36(5,32)33)22-12-11-21(34-3)15-23(22)35-4/h8-12,14-15,18H,6-7,13,16-17H2,1-5H3,(H,27,31)/t18-/m1/s1. The quantitative estimate of drug-likeness (QED) is 0.361. The van der Waals surface area contributed by atoms with E-state index >= 15 is 0 Å². The predicted octanol–water partition coefficient (Wildman–Crippen LogP) is 3.57. The molecule has 1 atom stereocenters. The number of methoxy groups -OCH3 is 2. The molecule has 0 spiro atoms. The van der Waals surface area contributed by atoms with Crippen molar-refractivity contribution in [1.29, 1.82) is 0 Å². The second-order valence-electron chi connectivity index (χ2n) is 8.28. The van der Waals surface area contributed by atoms with Crippen LogP contribution < -0.4 is 19.1 Å². The highest BCUT2D eigenvalue weighted by Crippen LogP contribution is 2.33. The largest absolute Gasteiger partial charge is 0.497 e. The normalized spacial score (nSPS) is 11.9. The third kappa shape index (κ3) is 8.12. The number of halogens is 1. The molecule has 0 fully saturated rings. The van der Waals surface area contributed by atoms with E-state index in [0.717, 1.165) is 33.4 Å². The summed E-state index contributed by atoms with van der Waals surface area (Å²) in [4.78, 5) is 27.9. The molecule has 0 aliphatic heterocycles. The monoisotopic (exact) mass is 583 g/mol. The van der Waals surface area contributed by atoms with E-state index in [1.165, 1.54) is 25.2 Å². The Morgan fingerprint density at radius 3 is 2.42 bits per heavy atom. The molecular formula is C25H34BrN3O6S. The number of nitrogens with one attached hydrogen (secondary N) is 1. The van der Waals surface area contributed by atoms with Crippen LogP contribution in [0.25, 0.3) is 0 Å². The summed E-state index contributed by atoms with van der Waals surface area (Å²) in [5, 5.41) is 2.85. The summed E-state index contributed by atoms with van der Waals surface area (Å²) >= 11 is 3.43. The van der Waals surface area contributed by atoms with Crippen molar-refractivity contribution in [3.05, 3.63) is 52.5 Å². The number of carbonyl (C=O) groups is 2. The number of ether oxygens (including phenoxy) is 2. The second-order valence-corrected chi connectivity index (χ2v) is 11.1. The van der Waals surface area contributed by atoms with Crippen molar-refractivity contribution in [2.24, 2.45) is 0 Å². The molecule has 2 amide bonds. The number of unbranched alkanes of at least 4 members (excludes halogenated alkanes) is 1. The van der Waals surface area contributed by atoms with Crippen LogP contribution in [0.4, 0.5) is 5.69 Å². The number of benzene rings is 2. The maximum absolute atomic E-state index is 13.6. The smallest absolute Gasteiger partial charge is 0.244 e.